The zero-order chi connectivity index (χ0) is 9.26. The molecule has 3 heteroatoms. The third kappa shape index (κ3) is 1.69. The van der Waals surface area contributed by atoms with E-state index < -0.39 is 0 Å². The molecule has 0 amide bonds. The van der Waals surface area contributed by atoms with Crippen molar-refractivity contribution in [1.82, 2.24) is 0 Å². The minimum absolute atomic E-state index is 0.0416. The number of nitrogens with zero attached hydrogens (tertiary/aromatic N) is 1. The smallest absolute Gasteiger partial charge is 0.213 e. The second-order valence-electron chi connectivity index (χ2n) is 2.91. The Kier molecular flexibility index (Phi) is 2.00. The number of rotatable bonds is 1. The molecule has 1 aromatic carbocycles. The Morgan fingerprint density at radius 3 is 2.62 bits per heavy atom. The van der Waals surface area contributed by atoms with Gasteiger partial charge in [0.2, 0.25) is 5.90 Å². The van der Waals surface area contributed by atoms with Crippen molar-refractivity contribution in [3.63, 3.8) is 0 Å². The molecular weight excluding hydrogens is 169 g/mol. The van der Waals surface area contributed by atoms with Crippen LogP contribution >= 0.6 is 0 Å². The summed E-state index contributed by atoms with van der Waals surface area (Å²) in [7, 11) is 0. The fourth-order valence-electron chi connectivity index (χ4n) is 1.17. The van der Waals surface area contributed by atoms with E-state index in [1.54, 1.807) is 12.1 Å². The van der Waals surface area contributed by atoms with Crippen molar-refractivity contribution < 1.29 is 9.13 Å². The van der Waals surface area contributed by atoms with Gasteiger partial charge in [0.05, 0.1) is 6.61 Å². The third-order valence-electron chi connectivity index (χ3n) is 1.80. The summed E-state index contributed by atoms with van der Waals surface area (Å²) in [6.07, 6.45) is 0. The van der Waals surface area contributed by atoms with Gasteiger partial charge in [-0.15, -0.1) is 0 Å². The maximum Gasteiger partial charge on any atom is 0.213 e. The minimum Gasteiger partial charge on any atom is -0.478 e. The van der Waals surface area contributed by atoms with Crippen molar-refractivity contribution in [3.05, 3.63) is 42.6 Å². The van der Waals surface area contributed by atoms with Gasteiger partial charge in [-0.3, -0.25) is 4.99 Å². The molecule has 0 bridgehead atoms. The van der Waals surface area contributed by atoms with Gasteiger partial charge >= 0.3 is 0 Å². The van der Waals surface area contributed by atoms with E-state index in [2.05, 4.69) is 11.9 Å². The predicted octanol–water partition coefficient (Wildman–Crippen LogP) is 1.81. The Morgan fingerprint density at radius 1 is 1.38 bits per heavy atom. The fraction of sp³-hybridized carbons (Fsp3) is 0.200. The Bertz CT molecular complexity index is 331. The van der Waals surface area contributed by atoms with E-state index in [0.717, 1.165) is 5.56 Å². The molecule has 0 aliphatic carbocycles. The van der Waals surface area contributed by atoms with Gasteiger partial charge in [0.1, 0.15) is 5.82 Å². The van der Waals surface area contributed by atoms with Gasteiger partial charge in [0, 0.05) is 5.56 Å². The van der Waals surface area contributed by atoms with E-state index in [1.165, 1.54) is 12.1 Å². The molecule has 1 aliphatic rings. The van der Waals surface area contributed by atoms with Crippen LogP contribution in [-0.2, 0) is 4.74 Å². The lowest BCUT2D eigenvalue weighted by Gasteiger charge is -2.00. The van der Waals surface area contributed by atoms with Gasteiger partial charge in [-0.25, -0.2) is 4.39 Å². The van der Waals surface area contributed by atoms with Crippen LogP contribution in [0.1, 0.15) is 5.56 Å². The van der Waals surface area contributed by atoms with Gasteiger partial charge in [-0.05, 0) is 30.3 Å². The second kappa shape index (κ2) is 3.17. The number of hydrogen-bond acceptors (Lipinski definition) is 2. The van der Waals surface area contributed by atoms with Gasteiger partial charge < -0.3 is 11.7 Å². The van der Waals surface area contributed by atoms with E-state index in [4.69, 9.17) is 4.74 Å². The highest BCUT2D eigenvalue weighted by Crippen LogP contribution is 2.11. The van der Waals surface area contributed by atoms with Crippen molar-refractivity contribution in [1.29, 1.82) is 0 Å². The maximum atomic E-state index is 12.6. The molecule has 0 fully saturated rings. The molecule has 2 nitrogen and oxygen atoms in total. The van der Waals surface area contributed by atoms with Crippen molar-refractivity contribution in [2.45, 2.75) is 6.04 Å². The van der Waals surface area contributed by atoms with E-state index in [1.807, 2.05) is 0 Å². The quantitative estimate of drug-likeness (QED) is 0.601. The van der Waals surface area contributed by atoms with Crippen molar-refractivity contribution >= 4 is 5.90 Å². The summed E-state index contributed by atoms with van der Waals surface area (Å²) >= 11 is 0. The SMILES string of the molecule is [CH2-]C1COC(c2ccc(F)cc2)=N1. The molecule has 13 heavy (non-hydrogen) atoms. The summed E-state index contributed by atoms with van der Waals surface area (Å²) < 4.78 is 17.8. The molecular formula is C10H9FNO-. The van der Waals surface area contributed by atoms with E-state index in [0.29, 0.717) is 12.5 Å². The van der Waals surface area contributed by atoms with Crippen LogP contribution in [0.15, 0.2) is 29.3 Å². The van der Waals surface area contributed by atoms with E-state index in [-0.39, 0.29) is 11.9 Å². The summed E-state index contributed by atoms with van der Waals surface area (Å²) in [6.45, 7) is 4.25. The summed E-state index contributed by atoms with van der Waals surface area (Å²) in [5.41, 5.74) is 0.799. The Balaban J connectivity index is 2.26. The molecule has 0 spiro atoms. The van der Waals surface area contributed by atoms with Gasteiger partial charge in [-0.2, -0.15) is 0 Å². The van der Waals surface area contributed by atoms with Gasteiger partial charge in [-0.1, -0.05) is 0 Å². The van der Waals surface area contributed by atoms with Crippen molar-refractivity contribution in [3.8, 4) is 0 Å². The summed E-state index contributed by atoms with van der Waals surface area (Å²) in [6, 6.07) is 6.02. The first kappa shape index (κ1) is 8.23. The van der Waals surface area contributed by atoms with E-state index >= 15 is 0 Å². The lowest BCUT2D eigenvalue weighted by molar-refractivity contribution is 0.331. The lowest BCUT2D eigenvalue weighted by atomic mass is 10.2. The molecule has 1 heterocycles. The summed E-state index contributed by atoms with van der Waals surface area (Å²) in [5, 5.41) is 0. The Morgan fingerprint density at radius 2 is 2.08 bits per heavy atom. The van der Waals surface area contributed by atoms with Crippen LogP contribution in [-0.4, -0.2) is 18.5 Å². The number of halogens is 1. The van der Waals surface area contributed by atoms with Crippen LogP contribution in [0.3, 0.4) is 0 Å². The molecule has 1 aromatic rings. The van der Waals surface area contributed by atoms with E-state index in [9.17, 15) is 4.39 Å². The molecule has 0 aromatic heterocycles. The monoisotopic (exact) mass is 178 g/mol. The zero-order valence-electron chi connectivity index (χ0n) is 7.03. The van der Waals surface area contributed by atoms with Crippen LogP contribution in [0.5, 0.6) is 0 Å². The Labute approximate surface area is 76.1 Å². The Hall–Kier alpha value is -1.38. The first-order valence-electron chi connectivity index (χ1n) is 4.05. The third-order valence-corrected chi connectivity index (χ3v) is 1.80. The fourth-order valence-corrected chi connectivity index (χ4v) is 1.17. The number of aliphatic imine (C=N–C) groups is 1. The van der Waals surface area contributed by atoms with Gasteiger partial charge in [0.25, 0.3) is 0 Å². The molecule has 68 valence electrons. The average Bonchev–Trinajstić information content (AvgIpc) is 2.53. The molecule has 0 N–H and O–H groups in total. The highest BCUT2D eigenvalue weighted by atomic mass is 19.1. The highest BCUT2D eigenvalue weighted by molar-refractivity contribution is 5.95. The first-order valence-corrected chi connectivity index (χ1v) is 4.05. The van der Waals surface area contributed by atoms with Crippen LogP contribution < -0.4 is 0 Å². The summed E-state index contributed by atoms with van der Waals surface area (Å²) in [4.78, 5) is 4.15. The lowest BCUT2D eigenvalue weighted by Crippen LogP contribution is -2.01. The minimum atomic E-state index is -0.256. The molecule has 1 aliphatic heterocycles. The second-order valence-corrected chi connectivity index (χ2v) is 2.91. The average molecular weight is 178 g/mol. The first-order chi connectivity index (χ1) is 6.25. The molecule has 2 rings (SSSR count). The molecule has 1 unspecified atom stereocenters. The molecule has 0 saturated carbocycles. The highest BCUT2D eigenvalue weighted by Gasteiger charge is 2.11. The predicted molar refractivity (Wildman–Crippen MR) is 48.0 cm³/mol. The maximum absolute atomic E-state index is 12.6. The zero-order valence-corrected chi connectivity index (χ0v) is 7.03. The van der Waals surface area contributed by atoms with Crippen LogP contribution in [0.25, 0.3) is 0 Å². The largest absolute Gasteiger partial charge is 0.478 e. The number of hydrogen-bond donors (Lipinski definition) is 0. The van der Waals surface area contributed by atoms with Crippen molar-refractivity contribution in [2.24, 2.45) is 4.99 Å². The standard InChI is InChI=1S/C10H9FNO/c1-7-6-13-10(12-7)8-2-4-9(11)5-3-8/h2-5,7H,1,6H2/q-1. The van der Waals surface area contributed by atoms with Crippen LogP contribution in [0.2, 0.25) is 0 Å². The van der Waals surface area contributed by atoms with Crippen LogP contribution in [0, 0.1) is 12.7 Å². The topological polar surface area (TPSA) is 21.6 Å². The van der Waals surface area contributed by atoms with Gasteiger partial charge in [0.15, 0.2) is 0 Å². The normalized spacial score (nSPS) is 21.1. The molecule has 0 saturated heterocycles. The summed E-state index contributed by atoms with van der Waals surface area (Å²) in [5.74, 6) is 0.300. The number of ether oxygens (including phenoxy) is 1. The van der Waals surface area contributed by atoms with Crippen molar-refractivity contribution in [2.75, 3.05) is 6.61 Å². The molecule has 0 radical (unpaired) electrons. The number of benzene rings is 1. The molecule has 1 atom stereocenters. The van der Waals surface area contributed by atoms with Crippen LogP contribution in [0.4, 0.5) is 4.39 Å².